The lowest BCUT2D eigenvalue weighted by molar-refractivity contribution is -0.274. The predicted octanol–water partition coefficient (Wildman–Crippen LogP) is 8.30. The zero-order valence-corrected chi connectivity index (χ0v) is 18.6. The second-order valence-electron chi connectivity index (χ2n) is 9.35. The van der Waals surface area contributed by atoms with E-state index < -0.39 is 6.36 Å². The molecule has 2 aliphatic carbocycles. The van der Waals surface area contributed by atoms with Gasteiger partial charge in [0.05, 0.1) is 0 Å². The summed E-state index contributed by atoms with van der Waals surface area (Å²) in [5.74, 6) is 9.23. The third kappa shape index (κ3) is 8.63. The molecule has 2 fully saturated rings. The SMILES string of the molecule is CC[C@H]1CC[C@H](CC[C@H]2CC[C@H](C=CC#Cc3ccc(OC(F)(F)F)cc3)CC2)CC1. The van der Waals surface area contributed by atoms with Crippen LogP contribution in [0.3, 0.4) is 0 Å². The van der Waals surface area contributed by atoms with E-state index >= 15 is 0 Å². The van der Waals surface area contributed by atoms with Crippen molar-refractivity contribution in [1.82, 2.24) is 0 Å². The fourth-order valence-corrected chi connectivity index (χ4v) is 5.12. The van der Waals surface area contributed by atoms with Gasteiger partial charge in [0.15, 0.2) is 0 Å². The molecule has 0 bridgehead atoms. The van der Waals surface area contributed by atoms with Crippen molar-refractivity contribution in [3.05, 3.63) is 42.0 Å². The average molecular weight is 433 g/mol. The molecule has 0 unspecified atom stereocenters. The van der Waals surface area contributed by atoms with Crippen LogP contribution in [0.4, 0.5) is 13.2 Å². The second-order valence-corrected chi connectivity index (χ2v) is 9.35. The largest absolute Gasteiger partial charge is 0.573 e. The Morgan fingerprint density at radius 3 is 1.97 bits per heavy atom. The molecule has 1 nitrogen and oxygen atoms in total. The Morgan fingerprint density at radius 1 is 0.871 bits per heavy atom. The molecule has 1 aromatic rings. The highest BCUT2D eigenvalue weighted by Gasteiger charge is 2.31. The van der Waals surface area contributed by atoms with Crippen molar-refractivity contribution in [2.75, 3.05) is 0 Å². The molecule has 1 aromatic carbocycles. The normalized spacial score (nSPS) is 27.0. The number of alkyl halides is 3. The van der Waals surface area contributed by atoms with E-state index in [1.807, 2.05) is 6.08 Å². The van der Waals surface area contributed by atoms with Gasteiger partial charge in [-0.15, -0.1) is 13.2 Å². The number of ether oxygens (including phenoxy) is 1. The van der Waals surface area contributed by atoms with E-state index in [2.05, 4.69) is 29.6 Å². The van der Waals surface area contributed by atoms with E-state index in [1.54, 1.807) is 12.1 Å². The Kier molecular flexibility index (Phi) is 8.93. The minimum atomic E-state index is -4.66. The summed E-state index contributed by atoms with van der Waals surface area (Å²) < 4.78 is 40.4. The minimum absolute atomic E-state index is 0.223. The van der Waals surface area contributed by atoms with Crippen molar-refractivity contribution >= 4 is 0 Å². The van der Waals surface area contributed by atoms with Crippen LogP contribution in [0.15, 0.2) is 36.4 Å². The molecule has 2 aliphatic rings. The van der Waals surface area contributed by atoms with E-state index in [9.17, 15) is 13.2 Å². The lowest BCUT2D eigenvalue weighted by atomic mass is 9.75. The van der Waals surface area contributed by atoms with Crippen LogP contribution in [-0.4, -0.2) is 6.36 Å². The number of rotatable bonds is 6. The Morgan fingerprint density at radius 2 is 1.42 bits per heavy atom. The van der Waals surface area contributed by atoms with Crippen molar-refractivity contribution in [2.24, 2.45) is 23.7 Å². The highest BCUT2D eigenvalue weighted by Crippen LogP contribution is 2.37. The van der Waals surface area contributed by atoms with Crippen molar-refractivity contribution in [2.45, 2.75) is 83.9 Å². The van der Waals surface area contributed by atoms with E-state index in [1.165, 1.54) is 82.8 Å². The summed E-state index contributed by atoms with van der Waals surface area (Å²) in [4.78, 5) is 0. The van der Waals surface area contributed by atoms with Gasteiger partial charge in [-0.05, 0) is 79.7 Å². The van der Waals surface area contributed by atoms with Crippen LogP contribution in [0, 0.1) is 35.5 Å². The second kappa shape index (κ2) is 11.7. The van der Waals surface area contributed by atoms with Crippen molar-refractivity contribution < 1.29 is 17.9 Å². The zero-order chi connectivity index (χ0) is 22.1. The first-order chi connectivity index (χ1) is 14.9. The van der Waals surface area contributed by atoms with Crippen LogP contribution in [-0.2, 0) is 0 Å². The Hall–Kier alpha value is -1.89. The van der Waals surface area contributed by atoms with Crippen LogP contribution in [0.25, 0.3) is 0 Å². The molecule has 170 valence electrons. The van der Waals surface area contributed by atoms with E-state index in [-0.39, 0.29) is 5.75 Å². The lowest BCUT2D eigenvalue weighted by Crippen LogP contribution is -2.17. The Labute approximate surface area is 185 Å². The summed E-state index contributed by atoms with van der Waals surface area (Å²) in [6, 6.07) is 5.67. The van der Waals surface area contributed by atoms with Gasteiger partial charge >= 0.3 is 6.36 Å². The number of hydrogen-bond acceptors (Lipinski definition) is 1. The first kappa shape index (κ1) is 23.8. The molecule has 4 heteroatoms. The van der Waals surface area contributed by atoms with Crippen molar-refractivity contribution in [1.29, 1.82) is 0 Å². The van der Waals surface area contributed by atoms with Gasteiger partial charge in [0.1, 0.15) is 5.75 Å². The molecule has 0 saturated heterocycles. The van der Waals surface area contributed by atoms with Crippen LogP contribution >= 0.6 is 0 Å². The standard InChI is InChI=1S/C27H35F3O/c1-2-21-7-9-24(10-8-21)15-16-25-13-11-22(12-14-25)5-3-4-6-23-17-19-26(20-18-23)31-27(28,29)30/h3,5,17-22,24-25H,2,7-16H2,1H3/t21-,22-,24-,25-. The highest BCUT2D eigenvalue weighted by atomic mass is 19.4. The van der Waals surface area contributed by atoms with Gasteiger partial charge in [0, 0.05) is 5.56 Å². The fourth-order valence-electron chi connectivity index (χ4n) is 5.12. The Bertz CT molecular complexity index is 737. The van der Waals surface area contributed by atoms with Crippen LogP contribution in [0.1, 0.15) is 83.1 Å². The van der Waals surface area contributed by atoms with Gasteiger partial charge in [0.2, 0.25) is 0 Å². The third-order valence-corrected chi connectivity index (χ3v) is 7.17. The third-order valence-electron chi connectivity index (χ3n) is 7.17. The molecule has 0 spiro atoms. The maximum Gasteiger partial charge on any atom is 0.573 e. The summed E-state index contributed by atoms with van der Waals surface area (Å²) >= 11 is 0. The number of hydrogen-bond donors (Lipinski definition) is 0. The monoisotopic (exact) mass is 432 g/mol. The molecular formula is C27H35F3O. The summed E-state index contributed by atoms with van der Waals surface area (Å²) in [5, 5.41) is 0. The van der Waals surface area contributed by atoms with Crippen LogP contribution in [0.2, 0.25) is 0 Å². The van der Waals surface area contributed by atoms with Gasteiger partial charge in [-0.1, -0.05) is 69.8 Å². The minimum Gasteiger partial charge on any atom is -0.406 e. The van der Waals surface area contributed by atoms with Gasteiger partial charge in [-0.3, -0.25) is 0 Å². The molecule has 3 rings (SSSR count). The maximum atomic E-state index is 12.2. The fraction of sp³-hybridized carbons (Fsp3) is 0.630. The first-order valence-electron chi connectivity index (χ1n) is 11.9. The number of halogens is 3. The molecule has 0 N–H and O–H groups in total. The summed E-state index contributed by atoms with van der Waals surface area (Å²) in [7, 11) is 0. The summed E-state index contributed by atoms with van der Waals surface area (Å²) in [6.45, 7) is 2.33. The zero-order valence-electron chi connectivity index (χ0n) is 18.6. The van der Waals surface area contributed by atoms with Crippen molar-refractivity contribution in [3.63, 3.8) is 0 Å². The Balaban J connectivity index is 1.34. The molecule has 2 saturated carbocycles. The van der Waals surface area contributed by atoms with Gasteiger partial charge < -0.3 is 4.74 Å². The molecule has 0 aromatic heterocycles. The van der Waals surface area contributed by atoms with Crippen LogP contribution in [0.5, 0.6) is 5.75 Å². The maximum absolute atomic E-state index is 12.2. The van der Waals surface area contributed by atoms with Crippen molar-refractivity contribution in [3.8, 4) is 17.6 Å². The topological polar surface area (TPSA) is 9.23 Å². The molecular weight excluding hydrogens is 397 g/mol. The molecule has 31 heavy (non-hydrogen) atoms. The van der Waals surface area contributed by atoms with Gasteiger partial charge in [-0.25, -0.2) is 0 Å². The van der Waals surface area contributed by atoms with Crippen LogP contribution < -0.4 is 4.74 Å². The highest BCUT2D eigenvalue weighted by molar-refractivity contribution is 5.40. The predicted molar refractivity (Wildman–Crippen MR) is 120 cm³/mol. The summed E-state index contributed by atoms with van der Waals surface area (Å²) in [5.41, 5.74) is 0.677. The van der Waals surface area contributed by atoms with E-state index in [0.29, 0.717) is 11.5 Å². The molecule has 0 aliphatic heterocycles. The first-order valence-corrected chi connectivity index (χ1v) is 11.9. The molecule has 0 amide bonds. The summed E-state index contributed by atoms with van der Waals surface area (Å²) in [6.07, 6.45) is 14.6. The molecule has 0 atom stereocenters. The number of benzene rings is 1. The van der Waals surface area contributed by atoms with Gasteiger partial charge in [0.25, 0.3) is 0 Å². The number of allylic oxidation sites excluding steroid dienone is 2. The lowest BCUT2D eigenvalue weighted by Gasteiger charge is -2.31. The molecule has 0 heterocycles. The quantitative estimate of drug-likeness (QED) is 0.411. The average Bonchev–Trinajstić information content (AvgIpc) is 2.76. The molecule has 0 radical (unpaired) electrons. The van der Waals surface area contributed by atoms with E-state index in [4.69, 9.17) is 0 Å². The van der Waals surface area contributed by atoms with E-state index in [0.717, 1.165) is 17.8 Å². The van der Waals surface area contributed by atoms with Gasteiger partial charge in [-0.2, -0.15) is 0 Å². The smallest absolute Gasteiger partial charge is 0.406 e.